The largest absolute Gasteiger partial charge is 0.478 e. The lowest BCUT2D eigenvalue weighted by Gasteiger charge is -2.29. The van der Waals surface area contributed by atoms with E-state index in [0.29, 0.717) is 0 Å². The Morgan fingerprint density at radius 2 is 1.43 bits per heavy atom. The van der Waals surface area contributed by atoms with Crippen LogP contribution < -0.4 is 0 Å². The Morgan fingerprint density at radius 3 is 1.86 bits per heavy atom. The van der Waals surface area contributed by atoms with Crippen molar-refractivity contribution in [2.75, 3.05) is 0 Å². The van der Waals surface area contributed by atoms with Crippen LogP contribution >= 0.6 is 0 Å². The first-order valence-corrected chi connectivity index (χ1v) is 5.39. The average Bonchev–Trinajstić information content (AvgIpc) is 2.68. The summed E-state index contributed by atoms with van der Waals surface area (Å²) >= 11 is 0. The number of esters is 1. The second-order valence-corrected chi connectivity index (χ2v) is 4.02. The zero-order valence-electron chi connectivity index (χ0n) is 9.96. The van der Waals surface area contributed by atoms with Gasteiger partial charge in [-0.25, -0.2) is 4.79 Å². The van der Waals surface area contributed by atoms with Crippen LogP contribution in [0.2, 0.25) is 0 Å². The predicted molar refractivity (Wildman–Crippen MR) is 56.4 cm³/mol. The SMILES string of the molecule is O=C1OC(C(F)(F)F)(C(F)(F)F)O/C1=C/c1ccccc1. The summed E-state index contributed by atoms with van der Waals surface area (Å²) in [6.07, 6.45) is -11.2. The number of carbonyl (C=O) groups excluding carboxylic acids is 1. The molecule has 0 radical (unpaired) electrons. The van der Waals surface area contributed by atoms with E-state index in [-0.39, 0.29) is 5.56 Å². The van der Waals surface area contributed by atoms with E-state index in [1.54, 1.807) is 6.07 Å². The normalized spacial score (nSPS) is 20.3. The topological polar surface area (TPSA) is 35.5 Å². The summed E-state index contributed by atoms with van der Waals surface area (Å²) in [7, 11) is 0. The van der Waals surface area contributed by atoms with Crippen LogP contribution in [0.15, 0.2) is 36.1 Å². The van der Waals surface area contributed by atoms with Crippen LogP contribution in [0.1, 0.15) is 5.56 Å². The Morgan fingerprint density at radius 1 is 0.905 bits per heavy atom. The Hall–Kier alpha value is -2.19. The highest BCUT2D eigenvalue weighted by atomic mass is 19.4. The van der Waals surface area contributed by atoms with Gasteiger partial charge in [0.15, 0.2) is 0 Å². The molecule has 0 bridgehead atoms. The number of benzene rings is 1. The number of halogens is 6. The molecule has 1 aliphatic rings. The summed E-state index contributed by atoms with van der Waals surface area (Å²) in [5.74, 6) is -7.98. The fourth-order valence-electron chi connectivity index (χ4n) is 1.58. The lowest BCUT2D eigenvalue weighted by atomic mass is 10.2. The van der Waals surface area contributed by atoms with Crippen LogP contribution in [0.4, 0.5) is 26.3 Å². The van der Waals surface area contributed by atoms with Gasteiger partial charge in [0.2, 0.25) is 5.76 Å². The minimum Gasteiger partial charge on any atom is -0.430 e. The lowest BCUT2D eigenvalue weighted by Crippen LogP contribution is -2.57. The fourth-order valence-corrected chi connectivity index (χ4v) is 1.58. The van der Waals surface area contributed by atoms with Gasteiger partial charge in [-0.15, -0.1) is 0 Å². The zero-order chi connectivity index (χ0) is 15.9. The standard InChI is InChI=1S/C12H6F6O3/c13-11(14,15)10(12(16,17)18)20-8(9(19)21-10)6-7-4-2-1-3-5-7/h1-6H/b8-6+. The quantitative estimate of drug-likeness (QED) is 0.453. The van der Waals surface area contributed by atoms with Crippen LogP contribution in [0.25, 0.3) is 6.08 Å². The number of cyclic esters (lactones) is 1. The van der Waals surface area contributed by atoms with E-state index in [9.17, 15) is 31.1 Å². The summed E-state index contributed by atoms with van der Waals surface area (Å²) in [6.45, 7) is 0. The van der Waals surface area contributed by atoms with E-state index in [2.05, 4.69) is 9.47 Å². The molecule has 1 heterocycles. The molecule has 0 N–H and O–H groups in total. The van der Waals surface area contributed by atoms with Crippen molar-refractivity contribution >= 4 is 12.0 Å². The van der Waals surface area contributed by atoms with E-state index >= 15 is 0 Å². The predicted octanol–water partition coefficient (Wildman–Crippen LogP) is 3.42. The van der Waals surface area contributed by atoms with Gasteiger partial charge in [0.1, 0.15) is 0 Å². The average molecular weight is 312 g/mol. The summed E-state index contributed by atoms with van der Waals surface area (Å²) < 4.78 is 83.2. The third-order valence-electron chi connectivity index (χ3n) is 2.54. The first kappa shape index (κ1) is 15.2. The van der Waals surface area contributed by atoms with Crippen molar-refractivity contribution in [2.45, 2.75) is 18.1 Å². The second kappa shape index (κ2) is 4.68. The van der Waals surface area contributed by atoms with E-state index in [4.69, 9.17) is 0 Å². The van der Waals surface area contributed by atoms with Gasteiger partial charge in [-0.1, -0.05) is 30.3 Å². The molecule has 0 atom stereocenters. The molecule has 0 aromatic heterocycles. The van der Waals surface area contributed by atoms with E-state index in [1.807, 2.05) is 0 Å². The van der Waals surface area contributed by atoms with E-state index in [1.165, 1.54) is 24.3 Å². The third-order valence-corrected chi connectivity index (χ3v) is 2.54. The number of ether oxygens (including phenoxy) is 2. The number of rotatable bonds is 1. The van der Waals surface area contributed by atoms with Gasteiger partial charge in [-0.2, -0.15) is 26.3 Å². The van der Waals surface area contributed by atoms with Crippen molar-refractivity contribution in [3.8, 4) is 0 Å². The molecule has 0 amide bonds. The zero-order valence-corrected chi connectivity index (χ0v) is 9.96. The van der Waals surface area contributed by atoms with Crippen molar-refractivity contribution in [3.05, 3.63) is 41.7 Å². The molecule has 0 saturated carbocycles. The number of alkyl halides is 6. The van der Waals surface area contributed by atoms with Gasteiger partial charge < -0.3 is 9.47 Å². The molecule has 0 unspecified atom stereocenters. The highest BCUT2D eigenvalue weighted by molar-refractivity contribution is 5.93. The van der Waals surface area contributed by atoms with Crippen molar-refractivity contribution in [3.63, 3.8) is 0 Å². The lowest BCUT2D eigenvalue weighted by molar-refractivity contribution is -0.431. The molecule has 0 aliphatic carbocycles. The van der Waals surface area contributed by atoms with Crippen LogP contribution in [0, 0.1) is 0 Å². The van der Waals surface area contributed by atoms with Crippen LogP contribution in [0.5, 0.6) is 0 Å². The van der Waals surface area contributed by atoms with Crippen molar-refractivity contribution in [2.24, 2.45) is 0 Å². The molecular formula is C12H6F6O3. The van der Waals surface area contributed by atoms with Crippen LogP contribution in [-0.2, 0) is 14.3 Å². The van der Waals surface area contributed by atoms with Gasteiger partial charge >= 0.3 is 24.1 Å². The Kier molecular flexibility index (Phi) is 3.38. The van der Waals surface area contributed by atoms with E-state index in [0.717, 1.165) is 6.08 Å². The van der Waals surface area contributed by atoms with Gasteiger partial charge in [0.25, 0.3) is 0 Å². The summed E-state index contributed by atoms with van der Waals surface area (Å²) in [6, 6.07) is 7.27. The fraction of sp³-hybridized carbons (Fsp3) is 0.250. The molecule has 1 saturated heterocycles. The maximum absolute atomic E-state index is 12.6. The number of hydrogen-bond donors (Lipinski definition) is 0. The monoisotopic (exact) mass is 312 g/mol. The maximum atomic E-state index is 12.6. The summed E-state index contributed by atoms with van der Waals surface area (Å²) in [5.41, 5.74) is 0.185. The maximum Gasteiger partial charge on any atom is 0.478 e. The number of carbonyl (C=O) groups is 1. The third kappa shape index (κ3) is 2.55. The Labute approximate surface area is 113 Å². The van der Waals surface area contributed by atoms with Gasteiger partial charge in [-0.05, 0) is 11.6 Å². The first-order valence-electron chi connectivity index (χ1n) is 5.39. The van der Waals surface area contributed by atoms with E-state index < -0.39 is 29.9 Å². The van der Waals surface area contributed by atoms with Crippen molar-refractivity contribution in [1.82, 2.24) is 0 Å². The second-order valence-electron chi connectivity index (χ2n) is 4.02. The molecule has 1 aliphatic heterocycles. The molecule has 3 nitrogen and oxygen atoms in total. The summed E-state index contributed by atoms with van der Waals surface area (Å²) in [4.78, 5) is 11.3. The van der Waals surface area contributed by atoms with Crippen molar-refractivity contribution < 1.29 is 40.6 Å². The Bertz CT molecular complexity index is 559. The molecule has 114 valence electrons. The Balaban J connectivity index is 2.44. The molecule has 21 heavy (non-hydrogen) atoms. The molecular weight excluding hydrogens is 306 g/mol. The minimum absolute atomic E-state index is 0.185. The highest BCUT2D eigenvalue weighted by Gasteiger charge is 2.80. The smallest absolute Gasteiger partial charge is 0.430 e. The summed E-state index contributed by atoms with van der Waals surface area (Å²) in [5, 5.41) is 0. The van der Waals surface area contributed by atoms with Crippen LogP contribution in [0.3, 0.4) is 0 Å². The van der Waals surface area contributed by atoms with Crippen LogP contribution in [-0.4, -0.2) is 24.1 Å². The highest BCUT2D eigenvalue weighted by Crippen LogP contribution is 2.51. The van der Waals surface area contributed by atoms with Gasteiger partial charge in [-0.3, -0.25) is 0 Å². The molecule has 1 fully saturated rings. The molecule has 9 heteroatoms. The number of hydrogen-bond acceptors (Lipinski definition) is 3. The van der Waals surface area contributed by atoms with Gasteiger partial charge in [0.05, 0.1) is 0 Å². The molecule has 1 aromatic carbocycles. The molecule has 0 spiro atoms. The molecule has 2 rings (SSSR count). The molecule has 1 aromatic rings. The first-order chi connectivity index (χ1) is 9.57. The van der Waals surface area contributed by atoms with Gasteiger partial charge in [0, 0.05) is 0 Å². The van der Waals surface area contributed by atoms with Crippen molar-refractivity contribution in [1.29, 1.82) is 0 Å². The minimum atomic E-state index is -5.97.